The van der Waals surface area contributed by atoms with Crippen LogP contribution in [0.3, 0.4) is 0 Å². The van der Waals surface area contributed by atoms with Crippen LogP contribution in [0.25, 0.3) is 0 Å². The van der Waals surface area contributed by atoms with E-state index >= 15 is 0 Å². The third-order valence-corrected chi connectivity index (χ3v) is 1.76. The Morgan fingerprint density at radius 1 is 1.36 bits per heavy atom. The van der Waals surface area contributed by atoms with Crippen LogP contribution in [-0.2, 0) is 4.79 Å². The highest BCUT2D eigenvalue weighted by Crippen LogP contribution is 2.15. The van der Waals surface area contributed by atoms with E-state index in [2.05, 4.69) is 20.8 Å². The second-order valence-corrected chi connectivity index (χ2v) is 3.32. The summed E-state index contributed by atoms with van der Waals surface area (Å²) in [6, 6.07) is 0. The molecule has 0 bridgehead atoms. The molecule has 0 spiro atoms. The van der Waals surface area contributed by atoms with Gasteiger partial charge in [-0.2, -0.15) is 0 Å². The van der Waals surface area contributed by atoms with E-state index in [1.54, 1.807) is 6.08 Å². The van der Waals surface area contributed by atoms with Gasteiger partial charge in [0.1, 0.15) is 6.29 Å². The summed E-state index contributed by atoms with van der Waals surface area (Å²) in [6.45, 7) is 6.57. The fourth-order valence-corrected chi connectivity index (χ4v) is 1.19. The quantitative estimate of drug-likeness (QED) is 0.439. The maximum atomic E-state index is 10.0. The van der Waals surface area contributed by atoms with Crippen LogP contribution in [0.15, 0.2) is 12.2 Å². The number of allylic oxidation sites excluding steroid dienone is 2. The lowest BCUT2D eigenvalue weighted by molar-refractivity contribution is -0.104. The topological polar surface area (TPSA) is 17.1 Å². The zero-order chi connectivity index (χ0) is 8.69. The largest absolute Gasteiger partial charge is 0.299 e. The van der Waals surface area contributed by atoms with E-state index in [0.29, 0.717) is 5.92 Å². The monoisotopic (exact) mass is 154 g/mol. The van der Waals surface area contributed by atoms with E-state index in [4.69, 9.17) is 0 Å². The molecule has 0 saturated heterocycles. The number of carbonyl (C=O) groups is 1. The molecule has 0 heterocycles. The Bertz CT molecular complexity index is 125. The predicted molar refractivity (Wildman–Crippen MR) is 48.4 cm³/mol. The number of carbonyl (C=O) groups excluding carboxylic acids is 1. The molecule has 0 N–H and O–H groups in total. The van der Waals surface area contributed by atoms with Gasteiger partial charge in [0.15, 0.2) is 0 Å². The highest BCUT2D eigenvalue weighted by atomic mass is 16.1. The molecule has 1 heteroatoms. The van der Waals surface area contributed by atoms with E-state index in [1.165, 1.54) is 6.42 Å². The van der Waals surface area contributed by atoms with Crippen molar-refractivity contribution in [2.75, 3.05) is 0 Å². The average molecular weight is 154 g/mol. The number of rotatable bonds is 5. The van der Waals surface area contributed by atoms with Gasteiger partial charge >= 0.3 is 0 Å². The smallest absolute Gasteiger partial charge is 0.142 e. The summed E-state index contributed by atoms with van der Waals surface area (Å²) in [5.74, 6) is 1.30. The van der Waals surface area contributed by atoms with Crippen molar-refractivity contribution in [3.8, 4) is 0 Å². The molecule has 0 amide bonds. The first-order valence-electron chi connectivity index (χ1n) is 4.32. The lowest BCUT2D eigenvalue weighted by Crippen LogP contribution is -1.99. The minimum Gasteiger partial charge on any atom is -0.299 e. The van der Waals surface area contributed by atoms with Crippen LogP contribution in [-0.4, -0.2) is 6.29 Å². The Morgan fingerprint density at radius 3 is 2.36 bits per heavy atom. The van der Waals surface area contributed by atoms with Gasteiger partial charge in [0.2, 0.25) is 0 Å². The molecule has 1 nitrogen and oxygen atoms in total. The van der Waals surface area contributed by atoms with Crippen LogP contribution < -0.4 is 0 Å². The Labute approximate surface area is 69.5 Å². The zero-order valence-electron chi connectivity index (χ0n) is 7.71. The third kappa shape index (κ3) is 5.84. The molecule has 0 aliphatic rings. The Hall–Kier alpha value is -0.590. The molecule has 0 rings (SSSR count). The van der Waals surface area contributed by atoms with Gasteiger partial charge in [-0.05, 0) is 30.8 Å². The number of aldehydes is 1. The van der Waals surface area contributed by atoms with Crippen molar-refractivity contribution in [1.82, 2.24) is 0 Å². The van der Waals surface area contributed by atoms with Gasteiger partial charge < -0.3 is 0 Å². The lowest BCUT2D eigenvalue weighted by Gasteiger charge is -2.11. The van der Waals surface area contributed by atoms with Crippen molar-refractivity contribution in [3.05, 3.63) is 12.2 Å². The fourth-order valence-electron chi connectivity index (χ4n) is 1.19. The minimum absolute atomic E-state index is 0.584. The van der Waals surface area contributed by atoms with E-state index in [-0.39, 0.29) is 0 Å². The van der Waals surface area contributed by atoms with Gasteiger partial charge in [-0.25, -0.2) is 0 Å². The van der Waals surface area contributed by atoms with E-state index < -0.39 is 0 Å². The van der Waals surface area contributed by atoms with Gasteiger partial charge in [0.05, 0.1) is 0 Å². The van der Waals surface area contributed by atoms with Crippen molar-refractivity contribution in [1.29, 1.82) is 0 Å². The first-order chi connectivity index (χ1) is 5.20. The van der Waals surface area contributed by atoms with Crippen LogP contribution in [0, 0.1) is 11.8 Å². The van der Waals surface area contributed by atoms with Crippen LogP contribution in [0.5, 0.6) is 0 Å². The van der Waals surface area contributed by atoms with Gasteiger partial charge in [0.25, 0.3) is 0 Å². The summed E-state index contributed by atoms with van der Waals surface area (Å²) in [5, 5.41) is 0. The summed E-state index contributed by atoms with van der Waals surface area (Å²) in [6.07, 6.45) is 6.77. The number of hydrogen-bond acceptors (Lipinski definition) is 1. The summed E-state index contributed by atoms with van der Waals surface area (Å²) < 4.78 is 0. The molecule has 0 aliphatic heterocycles. The van der Waals surface area contributed by atoms with Crippen molar-refractivity contribution in [2.45, 2.75) is 33.6 Å². The average Bonchev–Trinajstić information content (AvgIpc) is 1.97. The first kappa shape index (κ1) is 10.4. The van der Waals surface area contributed by atoms with Gasteiger partial charge in [0, 0.05) is 0 Å². The van der Waals surface area contributed by atoms with Crippen LogP contribution in [0.4, 0.5) is 0 Å². The Morgan fingerprint density at radius 2 is 2.00 bits per heavy atom. The zero-order valence-corrected chi connectivity index (χ0v) is 7.71. The molecule has 1 atom stereocenters. The Balaban J connectivity index is 3.75. The number of hydrogen-bond donors (Lipinski definition) is 0. The fraction of sp³-hybridized carbons (Fsp3) is 0.700. The normalized spacial score (nSPS) is 14.2. The molecule has 0 fully saturated rings. The summed E-state index contributed by atoms with van der Waals surface area (Å²) in [4.78, 5) is 10.0. The highest BCUT2D eigenvalue weighted by Gasteiger charge is 2.03. The Kier molecular flexibility index (Phi) is 5.81. The second kappa shape index (κ2) is 6.14. The summed E-state index contributed by atoms with van der Waals surface area (Å²) >= 11 is 0. The predicted octanol–water partition coefficient (Wildman–Crippen LogP) is 2.81. The molecule has 0 aromatic heterocycles. The van der Waals surface area contributed by atoms with Gasteiger partial charge in [-0.15, -0.1) is 0 Å². The summed E-state index contributed by atoms with van der Waals surface area (Å²) in [5.41, 5.74) is 0. The highest BCUT2D eigenvalue weighted by molar-refractivity contribution is 5.64. The van der Waals surface area contributed by atoms with E-state index in [9.17, 15) is 4.79 Å². The summed E-state index contributed by atoms with van der Waals surface area (Å²) in [7, 11) is 0. The molecular weight excluding hydrogens is 136 g/mol. The standard InChI is InChI=1S/C10H18O/c1-4-10(6-5-7-11)8-9(2)3/h5-7,9-10H,4,8H2,1-3H3. The van der Waals surface area contributed by atoms with E-state index in [1.807, 2.05) is 6.08 Å². The van der Waals surface area contributed by atoms with E-state index in [0.717, 1.165) is 18.6 Å². The molecular formula is C10H18O. The first-order valence-corrected chi connectivity index (χ1v) is 4.32. The lowest BCUT2D eigenvalue weighted by atomic mass is 9.94. The minimum atomic E-state index is 0.584. The molecule has 0 radical (unpaired) electrons. The molecule has 11 heavy (non-hydrogen) atoms. The third-order valence-electron chi connectivity index (χ3n) is 1.76. The maximum Gasteiger partial charge on any atom is 0.142 e. The molecule has 0 aliphatic carbocycles. The molecule has 1 unspecified atom stereocenters. The van der Waals surface area contributed by atoms with Crippen molar-refractivity contribution in [2.24, 2.45) is 11.8 Å². The van der Waals surface area contributed by atoms with Crippen LogP contribution in [0.2, 0.25) is 0 Å². The molecule has 0 aromatic carbocycles. The maximum absolute atomic E-state index is 10.0. The van der Waals surface area contributed by atoms with Crippen molar-refractivity contribution >= 4 is 6.29 Å². The van der Waals surface area contributed by atoms with Crippen LogP contribution in [0.1, 0.15) is 33.6 Å². The van der Waals surface area contributed by atoms with Crippen LogP contribution >= 0.6 is 0 Å². The van der Waals surface area contributed by atoms with Gasteiger partial charge in [-0.1, -0.05) is 26.8 Å². The molecule has 64 valence electrons. The second-order valence-electron chi connectivity index (χ2n) is 3.32. The van der Waals surface area contributed by atoms with Crippen molar-refractivity contribution < 1.29 is 4.79 Å². The molecule has 0 saturated carbocycles. The van der Waals surface area contributed by atoms with Crippen molar-refractivity contribution in [3.63, 3.8) is 0 Å². The molecule has 0 aromatic rings. The van der Waals surface area contributed by atoms with Gasteiger partial charge in [-0.3, -0.25) is 4.79 Å². The SMILES string of the molecule is CCC(C=CC=O)CC(C)C.